The van der Waals surface area contributed by atoms with E-state index in [2.05, 4.69) is 0 Å². The Balaban J connectivity index is 1.49. The zero-order valence-electron chi connectivity index (χ0n) is 22.7. The summed E-state index contributed by atoms with van der Waals surface area (Å²) in [5.74, 6) is 2.16. The zero-order valence-corrected chi connectivity index (χ0v) is 22.7. The molecule has 0 spiro atoms. The van der Waals surface area contributed by atoms with Crippen molar-refractivity contribution in [3.05, 3.63) is 124 Å². The monoisotopic (exact) mass is 554 g/mol. The average molecular weight is 555 g/mol. The van der Waals surface area contributed by atoms with Crippen LogP contribution in [0.15, 0.2) is 93.8 Å². The molecule has 3 aromatic carbocycles. The Labute approximate surface area is 236 Å². The maximum atomic E-state index is 11.4. The predicted octanol–water partition coefficient (Wildman–Crippen LogP) is 5.62. The van der Waals surface area contributed by atoms with Gasteiger partial charge in [-0.15, -0.1) is 0 Å². The summed E-state index contributed by atoms with van der Waals surface area (Å²) in [4.78, 5) is 21.9. The number of hydrogen-bond donors (Lipinski definition) is 2. The number of nitro benzene ring substituents is 1. The number of aryl methyl sites for hydroxylation is 2. The van der Waals surface area contributed by atoms with E-state index < -0.39 is 23.7 Å². The van der Waals surface area contributed by atoms with E-state index in [4.69, 9.17) is 18.8 Å². The Morgan fingerprint density at radius 1 is 0.805 bits per heavy atom. The SMILES string of the molecule is Cc1oc(-c2ccccc2)nc1CN(Cc1nc(-c2ccccc2)oc1C)[C@H](CO)[C@@H](O)c1ccc([N+](=O)[O-])cc1. The van der Waals surface area contributed by atoms with Gasteiger partial charge >= 0.3 is 0 Å². The highest BCUT2D eigenvalue weighted by molar-refractivity contribution is 5.54. The molecule has 0 unspecified atom stereocenters. The molecule has 0 aliphatic carbocycles. The first-order valence-electron chi connectivity index (χ1n) is 13.1. The number of benzene rings is 3. The molecule has 2 N–H and O–H groups in total. The molecule has 5 rings (SSSR count). The number of aromatic nitrogens is 2. The number of rotatable bonds is 11. The molecule has 0 saturated heterocycles. The van der Waals surface area contributed by atoms with E-state index in [9.17, 15) is 20.3 Å². The van der Waals surface area contributed by atoms with Crippen molar-refractivity contribution in [1.29, 1.82) is 0 Å². The predicted molar refractivity (Wildman–Crippen MR) is 152 cm³/mol. The topological polar surface area (TPSA) is 139 Å². The molecule has 0 aliphatic heterocycles. The van der Waals surface area contributed by atoms with Gasteiger partial charge < -0.3 is 19.0 Å². The van der Waals surface area contributed by atoms with Gasteiger partial charge in [0.15, 0.2) is 0 Å². The average Bonchev–Trinajstić information content (AvgIpc) is 3.55. The number of non-ortho nitro benzene ring substituents is 1. The lowest BCUT2D eigenvalue weighted by Crippen LogP contribution is -2.42. The number of nitrogens with zero attached hydrogens (tertiary/aromatic N) is 4. The molecule has 41 heavy (non-hydrogen) atoms. The summed E-state index contributed by atoms with van der Waals surface area (Å²) in [6.45, 7) is 3.70. The molecule has 5 aromatic rings. The second-order valence-corrected chi connectivity index (χ2v) is 9.72. The van der Waals surface area contributed by atoms with Crippen LogP contribution < -0.4 is 0 Å². The van der Waals surface area contributed by atoms with Gasteiger partial charge in [-0.2, -0.15) is 0 Å². The second kappa shape index (κ2) is 12.3. The molecule has 2 heterocycles. The number of hydrogen-bond acceptors (Lipinski definition) is 9. The lowest BCUT2D eigenvalue weighted by molar-refractivity contribution is -0.384. The summed E-state index contributed by atoms with van der Waals surface area (Å²) in [5, 5.41) is 33.0. The smallest absolute Gasteiger partial charge is 0.269 e. The van der Waals surface area contributed by atoms with Crippen LogP contribution in [0.2, 0.25) is 0 Å². The molecule has 0 bridgehead atoms. The van der Waals surface area contributed by atoms with E-state index in [0.717, 1.165) is 11.1 Å². The van der Waals surface area contributed by atoms with Crippen LogP contribution in [-0.4, -0.2) is 42.7 Å². The van der Waals surface area contributed by atoms with E-state index in [1.807, 2.05) is 79.4 Å². The molecule has 10 nitrogen and oxygen atoms in total. The third-order valence-corrected chi connectivity index (χ3v) is 7.00. The van der Waals surface area contributed by atoms with Gasteiger partial charge in [0.25, 0.3) is 5.69 Å². The number of aliphatic hydroxyl groups is 2. The first-order valence-corrected chi connectivity index (χ1v) is 13.1. The molecule has 0 radical (unpaired) electrons. The van der Waals surface area contributed by atoms with Crippen LogP contribution in [0.25, 0.3) is 22.9 Å². The first kappa shape index (κ1) is 27.9. The minimum atomic E-state index is -1.16. The molecular weight excluding hydrogens is 524 g/mol. The van der Waals surface area contributed by atoms with Crippen molar-refractivity contribution in [2.75, 3.05) is 6.61 Å². The maximum absolute atomic E-state index is 11.4. The van der Waals surface area contributed by atoms with Crippen molar-refractivity contribution in [2.24, 2.45) is 0 Å². The molecule has 0 aliphatic rings. The van der Waals surface area contributed by atoms with Crippen molar-refractivity contribution < 1.29 is 24.0 Å². The molecule has 2 atom stereocenters. The van der Waals surface area contributed by atoms with Crippen molar-refractivity contribution in [2.45, 2.75) is 39.1 Å². The minimum absolute atomic E-state index is 0.0864. The summed E-state index contributed by atoms with van der Waals surface area (Å²) < 4.78 is 11.9. The van der Waals surface area contributed by atoms with E-state index in [0.29, 0.717) is 40.3 Å². The van der Waals surface area contributed by atoms with E-state index in [1.165, 1.54) is 24.3 Å². The van der Waals surface area contributed by atoms with Crippen LogP contribution >= 0.6 is 0 Å². The number of nitro groups is 1. The van der Waals surface area contributed by atoms with E-state index in [1.54, 1.807) is 0 Å². The van der Waals surface area contributed by atoms with Gasteiger partial charge in [-0.05, 0) is 55.8 Å². The number of oxazole rings is 2. The summed E-state index contributed by atoms with van der Waals surface area (Å²) in [6, 6.07) is 23.9. The normalized spacial score (nSPS) is 12.9. The van der Waals surface area contributed by atoms with Crippen molar-refractivity contribution in [3.8, 4) is 22.9 Å². The molecule has 2 aromatic heterocycles. The summed E-state index contributed by atoms with van der Waals surface area (Å²) in [5.41, 5.74) is 3.29. The van der Waals surface area contributed by atoms with Crippen molar-refractivity contribution in [1.82, 2.24) is 14.9 Å². The van der Waals surface area contributed by atoms with Gasteiger partial charge in [-0.1, -0.05) is 36.4 Å². The highest BCUT2D eigenvalue weighted by Crippen LogP contribution is 2.30. The summed E-state index contributed by atoms with van der Waals surface area (Å²) >= 11 is 0. The van der Waals surface area contributed by atoms with Crippen LogP contribution in [-0.2, 0) is 13.1 Å². The van der Waals surface area contributed by atoms with Gasteiger partial charge in [0, 0.05) is 36.3 Å². The first-order chi connectivity index (χ1) is 19.8. The zero-order chi connectivity index (χ0) is 28.9. The Hall–Kier alpha value is -4.64. The Bertz CT molecular complexity index is 1510. The van der Waals surface area contributed by atoms with Crippen LogP contribution in [0.5, 0.6) is 0 Å². The highest BCUT2D eigenvalue weighted by Gasteiger charge is 2.30. The molecule has 210 valence electrons. The largest absolute Gasteiger partial charge is 0.441 e. The molecule has 0 saturated carbocycles. The van der Waals surface area contributed by atoms with Gasteiger partial charge in [0.1, 0.15) is 11.5 Å². The van der Waals surface area contributed by atoms with Gasteiger partial charge in [-0.3, -0.25) is 15.0 Å². The van der Waals surface area contributed by atoms with Crippen molar-refractivity contribution in [3.63, 3.8) is 0 Å². The lowest BCUT2D eigenvalue weighted by atomic mass is 10.0. The summed E-state index contributed by atoms with van der Waals surface area (Å²) in [6.07, 6.45) is -1.16. The van der Waals surface area contributed by atoms with E-state index >= 15 is 0 Å². The lowest BCUT2D eigenvalue weighted by Gasteiger charge is -2.33. The highest BCUT2D eigenvalue weighted by atomic mass is 16.6. The third kappa shape index (κ3) is 6.25. The Morgan fingerprint density at radius 3 is 1.68 bits per heavy atom. The van der Waals surface area contributed by atoms with Crippen LogP contribution in [0, 0.1) is 24.0 Å². The fourth-order valence-corrected chi connectivity index (χ4v) is 4.66. The summed E-state index contributed by atoms with van der Waals surface area (Å²) in [7, 11) is 0. The molecule has 0 fully saturated rings. The minimum Gasteiger partial charge on any atom is -0.441 e. The molecule has 0 amide bonds. The fraction of sp³-hybridized carbons (Fsp3) is 0.226. The Morgan fingerprint density at radius 2 is 1.27 bits per heavy atom. The van der Waals surface area contributed by atoms with Crippen LogP contribution in [0.4, 0.5) is 5.69 Å². The third-order valence-electron chi connectivity index (χ3n) is 7.00. The van der Waals surface area contributed by atoms with Gasteiger partial charge in [0.2, 0.25) is 11.8 Å². The van der Waals surface area contributed by atoms with Crippen molar-refractivity contribution >= 4 is 5.69 Å². The standard InChI is InChI=1S/C31H30N4O6/c1-20-26(32-30(40-20)23-9-5-3-6-10-23)17-34(18-27-21(2)41-31(33-27)24-11-7-4-8-12-24)28(19-36)29(37)22-13-15-25(16-14-22)35(38)39/h3-16,28-29,36-37H,17-19H2,1-2H3/t28-,29+/m1/s1. The quantitative estimate of drug-likeness (QED) is 0.157. The van der Waals surface area contributed by atoms with Gasteiger partial charge in [-0.25, -0.2) is 9.97 Å². The second-order valence-electron chi connectivity index (χ2n) is 9.72. The van der Waals surface area contributed by atoms with E-state index in [-0.39, 0.29) is 18.8 Å². The van der Waals surface area contributed by atoms with Crippen LogP contribution in [0.1, 0.15) is 34.6 Å². The van der Waals surface area contributed by atoms with Crippen LogP contribution in [0.3, 0.4) is 0 Å². The molecule has 10 heteroatoms. The maximum Gasteiger partial charge on any atom is 0.269 e. The number of aliphatic hydroxyl groups excluding tert-OH is 2. The Kier molecular flexibility index (Phi) is 8.34. The molecular formula is C31H30N4O6. The van der Waals surface area contributed by atoms with Gasteiger partial charge in [0.05, 0.1) is 35.1 Å². The fourth-order valence-electron chi connectivity index (χ4n) is 4.66.